The number of hydrogen-bond acceptors (Lipinski definition) is 7. The summed E-state index contributed by atoms with van der Waals surface area (Å²) in [5, 5.41) is 16.8. The first-order valence-corrected chi connectivity index (χ1v) is 9.02. The van der Waals surface area contributed by atoms with E-state index in [1.165, 1.54) is 16.2 Å². The van der Waals surface area contributed by atoms with E-state index in [2.05, 4.69) is 32.3 Å². The summed E-state index contributed by atoms with van der Waals surface area (Å²) < 4.78 is 0.882. The Balaban J connectivity index is 1.52. The van der Waals surface area contributed by atoms with Crippen LogP contribution in [-0.2, 0) is 10.5 Å². The van der Waals surface area contributed by atoms with E-state index in [0.29, 0.717) is 5.13 Å². The number of rotatable bonds is 5. The summed E-state index contributed by atoms with van der Waals surface area (Å²) in [5.74, 6) is 0.887. The molecule has 1 aliphatic rings. The predicted octanol–water partition coefficient (Wildman–Crippen LogP) is 2.58. The molecule has 1 saturated heterocycles. The van der Waals surface area contributed by atoms with Gasteiger partial charge in [0.15, 0.2) is 4.34 Å². The molecule has 2 aromatic rings. The average molecular weight is 326 g/mol. The lowest BCUT2D eigenvalue weighted by atomic mass is 10.2. The summed E-state index contributed by atoms with van der Waals surface area (Å²) in [5.41, 5.74) is 0. The molecule has 1 fully saturated rings. The summed E-state index contributed by atoms with van der Waals surface area (Å²) in [6, 6.07) is 4.06. The summed E-state index contributed by atoms with van der Waals surface area (Å²) in [7, 11) is 0. The lowest BCUT2D eigenvalue weighted by Crippen LogP contribution is -2.35. The van der Waals surface area contributed by atoms with Crippen molar-refractivity contribution in [3.05, 3.63) is 22.4 Å². The van der Waals surface area contributed by atoms with Crippen molar-refractivity contribution in [2.24, 2.45) is 0 Å². The van der Waals surface area contributed by atoms with Crippen LogP contribution >= 0.6 is 34.4 Å². The molecule has 3 heterocycles. The van der Waals surface area contributed by atoms with Gasteiger partial charge in [0.25, 0.3) is 0 Å². The second kappa shape index (κ2) is 6.66. The molecular formula is C12H14N4OS3. The van der Waals surface area contributed by atoms with E-state index in [4.69, 9.17) is 0 Å². The Morgan fingerprint density at radius 1 is 1.55 bits per heavy atom. The van der Waals surface area contributed by atoms with Gasteiger partial charge in [-0.3, -0.25) is 10.1 Å². The van der Waals surface area contributed by atoms with Gasteiger partial charge in [-0.1, -0.05) is 29.2 Å². The first kappa shape index (κ1) is 14.0. The van der Waals surface area contributed by atoms with Crippen LogP contribution in [0.25, 0.3) is 0 Å². The maximum Gasteiger partial charge on any atom is 0.243 e. The lowest BCUT2D eigenvalue weighted by Gasteiger charge is -2.07. The van der Waals surface area contributed by atoms with Crippen molar-refractivity contribution >= 4 is 45.5 Å². The molecule has 1 amide bonds. The highest BCUT2D eigenvalue weighted by Crippen LogP contribution is 2.29. The zero-order chi connectivity index (χ0) is 13.8. The van der Waals surface area contributed by atoms with Crippen LogP contribution in [0.5, 0.6) is 0 Å². The fourth-order valence-electron chi connectivity index (χ4n) is 1.95. The van der Waals surface area contributed by atoms with Crippen LogP contribution in [0.4, 0.5) is 5.13 Å². The number of thioether (sulfide) groups is 1. The van der Waals surface area contributed by atoms with E-state index in [9.17, 15) is 4.79 Å². The number of amides is 1. The van der Waals surface area contributed by atoms with Gasteiger partial charge in [0.05, 0.1) is 6.04 Å². The highest BCUT2D eigenvalue weighted by molar-refractivity contribution is 8.00. The number of anilines is 1. The first-order valence-electron chi connectivity index (χ1n) is 6.34. The third-order valence-corrected chi connectivity index (χ3v) is 6.01. The quantitative estimate of drug-likeness (QED) is 0.653. The van der Waals surface area contributed by atoms with Gasteiger partial charge < -0.3 is 5.32 Å². The molecule has 0 saturated carbocycles. The summed E-state index contributed by atoms with van der Waals surface area (Å²) in [6.45, 7) is 0.913. The zero-order valence-corrected chi connectivity index (χ0v) is 13.1. The van der Waals surface area contributed by atoms with Crippen molar-refractivity contribution in [1.82, 2.24) is 15.5 Å². The van der Waals surface area contributed by atoms with Gasteiger partial charge in [-0.2, -0.15) is 0 Å². The summed E-state index contributed by atoms with van der Waals surface area (Å²) in [6.07, 6.45) is 1.95. The van der Waals surface area contributed by atoms with E-state index in [1.807, 2.05) is 6.07 Å². The van der Waals surface area contributed by atoms with Crippen LogP contribution in [0.15, 0.2) is 21.9 Å². The maximum absolute atomic E-state index is 11.9. The number of nitrogens with one attached hydrogen (secondary N) is 2. The molecule has 3 rings (SSSR count). The minimum atomic E-state index is -0.0823. The maximum atomic E-state index is 11.9. The Hall–Kier alpha value is -0.960. The van der Waals surface area contributed by atoms with E-state index >= 15 is 0 Å². The molecule has 0 aromatic carbocycles. The fourth-order valence-corrected chi connectivity index (χ4v) is 4.48. The standard InChI is InChI=1S/C12H14N4OS3/c17-10(9-4-1-5-13-9)14-11-15-16-12(20-11)19-7-8-3-2-6-18-8/h2-3,6,9,13H,1,4-5,7H2,(H,14,15,17). The number of thiophene rings is 1. The normalized spacial score (nSPS) is 18.3. The van der Waals surface area contributed by atoms with Crippen LogP contribution in [0.2, 0.25) is 0 Å². The first-order chi connectivity index (χ1) is 9.81. The van der Waals surface area contributed by atoms with E-state index in [1.54, 1.807) is 23.1 Å². The van der Waals surface area contributed by atoms with Crippen molar-refractivity contribution in [2.75, 3.05) is 11.9 Å². The van der Waals surface area contributed by atoms with Gasteiger partial charge in [0.1, 0.15) is 0 Å². The van der Waals surface area contributed by atoms with Gasteiger partial charge >= 0.3 is 0 Å². The molecule has 1 atom stereocenters. The molecule has 2 aromatic heterocycles. The van der Waals surface area contributed by atoms with Crippen molar-refractivity contribution in [1.29, 1.82) is 0 Å². The second-order valence-electron chi connectivity index (χ2n) is 4.38. The molecule has 5 nitrogen and oxygen atoms in total. The van der Waals surface area contributed by atoms with Crippen molar-refractivity contribution in [3.63, 3.8) is 0 Å². The molecule has 0 aliphatic carbocycles. The number of carbonyl (C=O) groups is 1. The van der Waals surface area contributed by atoms with Crippen LogP contribution in [0.3, 0.4) is 0 Å². The third-order valence-electron chi connectivity index (χ3n) is 2.93. The van der Waals surface area contributed by atoms with E-state index < -0.39 is 0 Å². The largest absolute Gasteiger partial charge is 0.306 e. The molecule has 1 unspecified atom stereocenters. The van der Waals surface area contributed by atoms with Crippen molar-refractivity contribution < 1.29 is 4.79 Å². The number of nitrogens with zero attached hydrogens (tertiary/aromatic N) is 2. The molecule has 8 heteroatoms. The third kappa shape index (κ3) is 3.57. The lowest BCUT2D eigenvalue weighted by molar-refractivity contribution is -0.117. The van der Waals surface area contributed by atoms with Gasteiger partial charge in [-0.25, -0.2) is 0 Å². The molecule has 2 N–H and O–H groups in total. The number of aromatic nitrogens is 2. The fraction of sp³-hybridized carbons (Fsp3) is 0.417. The molecule has 0 spiro atoms. The molecule has 0 bridgehead atoms. The van der Waals surface area contributed by atoms with Gasteiger partial charge in [-0.05, 0) is 30.8 Å². The topological polar surface area (TPSA) is 66.9 Å². The van der Waals surface area contributed by atoms with Crippen molar-refractivity contribution in [3.8, 4) is 0 Å². The molecule has 20 heavy (non-hydrogen) atoms. The van der Waals surface area contributed by atoms with Crippen molar-refractivity contribution in [2.45, 2.75) is 29.0 Å². The Bertz CT molecular complexity index is 563. The SMILES string of the molecule is O=C(Nc1nnc(SCc2cccs2)s1)C1CCCN1. The van der Waals surface area contributed by atoms with Gasteiger partial charge in [0, 0.05) is 10.6 Å². The Labute approximate surface area is 129 Å². The highest BCUT2D eigenvalue weighted by Gasteiger charge is 2.22. The smallest absolute Gasteiger partial charge is 0.243 e. The highest BCUT2D eigenvalue weighted by atomic mass is 32.2. The van der Waals surface area contributed by atoms with E-state index in [0.717, 1.165) is 29.5 Å². The minimum Gasteiger partial charge on any atom is -0.306 e. The summed E-state index contributed by atoms with van der Waals surface area (Å²) >= 11 is 4.81. The Morgan fingerprint density at radius 3 is 3.25 bits per heavy atom. The predicted molar refractivity (Wildman–Crippen MR) is 83.4 cm³/mol. The van der Waals surface area contributed by atoms with Crippen LogP contribution in [-0.4, -0.2) is 28.7 Å². The van der Waals surface area contributed by atoms with Crippen LogP contribution in [0.1, 0.15) is 17.7 Å². The van der Waals surface area contributed by atoms with Crippen LogP contribution in [0, 0.1) is 0 Å². The monoisotopic (exact) mass is 326 g/mol. The molecule has 106 valence electrons. The number of carbonyl (C=O) groups excluding carboxylic acids is 1. The van der Waals surface area contributed by atoms with Crippen LogP contribution < -0.4 is 10.6 Å². The minimum absolute atomic E-state index is 0.00606. The summed E-state index contributed by atoms with van der Waals surface area (Å²) in [4.78, 5) is 13.2. The molecule has 1 aliphatic heterocycles. The molecule has 0 radical (unpaired) electrons. The van der Waals surface area contributed by atoms with E-state index in [-0.39, 0.29) is 11.9 Å². The Kier molecular flexibility index (Phi) is 4.66. The Morgan fingerprint density at radius 2 is 2.50 bits per heavy atom. The number of hydrogen-bond donors (Lipinski definition) is 2. The van der Waals surface area contributed by atoms with Gasteiger partial charge in [-0.15, -0.1) is 21.5 Å². The van der Waals surface area contributed by atoms with Gasteiger partial charge in [0.2, 0.25) is 11.0 Å². The second-order valence-corrected chi connectivity index (χ2v) is 7.61. The average Bonchev–Trinajstić information content (AvgIpc) is 3.19. The zero-order valence-electron chi connectivity index (χ0n) is 10.7. The molecular weight excluding hydrogens is 312 g/mol.